The highest BCUT2D eigenvalue weighted by molar-refractivity contribution is 5.90. The summed E-state index contributed by atoms with van der Waals surface area (Å²) in [5.74, 6) is -0.883. The molecule has 0 aliphatic carbocycles. The summed E-state index contributed by atoms with van der Waals surface area (Å²) in [5.41, 5.74) is 4.81. The molecule has 1 N–H and O–H groups in total. The molecule has 0 unspecified atom stereocenters. The summed E-state index contributed by atoms with van der Waals surface area (Å²) in [6, 6.07) is 13.6. The van der Waals surface area contributed by atoms with Crippen molar-refractivity contribution in [2.24, 2.45) is 0 Å². The lowest BCUT2D eigenvalue weighted by molar-refractivity contribution is 0.0697. The molecule has 2 heteroatoms. The summed E-state index contributed by atoms with van der Waals surface area (Å²) < 4.78 is 0. The zero-order valence-corrected chi connectivity index (χ0v) is 11.3. The van der Waals surface area contributed by atoms with Crippen LogP contribution < -0.4 is 0 Å². The van der Waals surface area contributed by atoms with Gasteiger partial charge in [-0.25, -0.2) is 4.79 Å². The Morgan fingerprint density at radius 2 is 1.95 bits per heavy atom. The monoisotopic (exact) mass is 254 g/mol. The largest absolute Gasteiger partial charge is 0.478 e. The summed E-state index contributed by atoms with van der Waals surface area (Å²) in [7, 11) is 0. The van der Waals surface area contributed by atoms with Crippen molar-refractivity contribution in [2.75, 3.05) is 0 Å². The third-order valence-corrected chi connectivity index (χ3v) is 3.26. The van der Waals surface area contributed by atoms with Gasteiger partial charge in [0.25, 0.3) is 0 Å². The third kappa shape index (κ3) is 3.02. The van der Waals surface area contributed by atoms with E-state index in [4.69, 9.17) is 5.11 Å². The van der Waals surface area contributed by atoms with E-state index >= 15 is 0 Å². The molecule has 0 fully saturated rings. The van der Waals surface area contributed by atoms with Gasteiger partial charge in [-0.2, -0.15) is 0 Å². The van der Waals surface area contributed by atoms with Crippen molar-refractivity contribution in [1.82, 2.24) is 0 Å². The minimum absolute atomic E-state index is 0.335. The lowest BCUT2D eigenvalue weighted by Gasteiger charge is -2.09. The smallest absolute Gasteiger partial charge is 0.335 e. The molecule has 98 valence electrons. The van der Waals surface area contributed by atoms with Crippen molar-refractivity contribution in [1.29, 1.82) is 0 Å². The molecule has 2 nitrogen and oxygen atoms in total. The van der Waals surface area contributed by atoms with Gasteiger partial charge in [0.1, 0.15) is 0 Å². The van der Waals surface area contributed by atoms with Crippen LogP contribution in [0.25, 0.3) is 11.1 Å². The van der Waals surface area contributed by atoms with Crippen LogP contribution in [0.5, 0.6) is 0 Å². The minimum Gasteiger partial charge on any atom is -0.478 e. The number of carboxylic acids is 1. The number of hydrogen-bond acceptors (Lipinski definition) is 1. The van der Waals surface area contributed by atoms with Gasteiger partial charge in [0.15, 0.2) is 0 Å². The number of aromatic carboxylic acids is 1. The van der Waals surface area contributed by atoms with E-state index in [0.717, 1.165) is 29.5 Å². The molecule has 2 rings (SSSR count). The van der Waals surface area contributed by atoms with Gasteiger partial charge < -0.3 is 5.11 Å². The van der Waals surface area contributed by atoms with Crippen LogP contribution in [0.4, 0.5) is 0 Å². The molecule has 0 aromatic heterocycles. The van der Waals surface area contributed by atoms with Crippen LogP contribution in [0.2, 0.25) is 0 Å². The fraction of sp³-hybridized carbons (Fsp3) is 0.235. The van der Waals surface area contributed by atoms with Crippen molar-refractivity contribution >= 4 is 5.97 Å². The van der Waals surface area contributed by atoms with Gasteiger partial charge in [0.2, 0.25) is 0 Å². The molecule has 0 spiro atoms. The van der Waals surface area contributed by atoms with Gasteiger partial charge in [-0.15, -0.1) is 0 Å². The third-order valence-electron chi connectivity index (χ3n) is 3.26. The first-order valence-electron chi connectivity index (χ1n) is 6.55. The molecule has 0 atom stereocenters. The van der Waals surface area contributed by atoms with Crippen LogP contribution in [-0.2, 0) is 6.42 Å². The summed E-state index contributed by atoms with van der Waals surface area (Å²) in [4.78, 5) is 11.1. The molecular weight excluding hydrogens is 236 g/mol. The van der Waals surface area contributed by atoms with E-state index < -0.39 is 5.97 Å². The van der Waals surface area contributed by atoms with Crippen LogP contribution >= 0.6 is 0 Å². The Labute approximate surface area is 113 Å². The van der Waals surface area contributed by atoms with E-state index in [9.17, 15) is 4.79 Å². The van der Waals surface area contributed by atoms with Gasteiger partial charge in [-0.1, -0.05) is 43.7 Å². The predicted molar refractivity (Wildman–Crippen MR) is 77.6 cm³/mol. The Hall–Kier alpha value is -2.09. The number of rotatable bonds is 4. The Morgan fingerprint density at radius 1 is 1.16 bits per heavy atom. The topological polar surface area (TPSA) is 37.3 Å². The Bertz CT molecular complexity index is 600. The maximum absolute atomic E-state index is 11.1. The molecule has 2 aromatic carbocycles. The molecule has 0 aliphatic rings. The molecular formula is C17H18O2. The lowest BCUT2D eigenvalue weighted by Crippen LogP contribution is -1.97. The Kier molecular flexibility index (Phi) is 4.00. The van der Waals surface area contributed by atoms with Gasteiger partial charge in [-0.3, -0.25) is 0 Å². The molecule has 0 amide bonds. The van der Waals surface area contributed by atoms with E-state index in [0.29, 0.717) is 5.56 Å². The van der Waals surface area contributed by atoms with Gasteiger partial charge in [0.05, 0.1) is 5.56 Å². The second-order valence-electron chi connectivity index (χ2n) is 4.79. The quantitative estimate of drug-likeness (QED) is 0.882. The highest BCUT2D eigenvalue weighted by Gasteiger charge is 2.08. The SMILES string of the molecule is CCCc1cccc(-c2cc(C(=O)O)ccc2C)c1. The van der Waals surface area contributed by atoms with E-state index in [-0.39, 0.29) is 0 Å². The minimum atomic E-state index is -0.883. The summed E-state index contributed by atoms with van der Waals surface area (Å²) in [6.45, 7) is 4.16. The molecule has 2 aromatic rings. The number of carboxylic acid groups (broad SMARTS) is 1. The van der Waals surface area contributed by atoms with Crippen LogP contribution in [0.3, 0.4) is 0 Å². The first kappa shape index (κ1) is 13.3. The van der Waals surface area contributed by atoms with Gasteiger partial charge in [0, 0.05) is 0 Å². The molecule has 0 heterocycles. The maximum atomic E-state index is 11.1. The molecule has 19 heavy (non-hydrogen) atoms. The first-order valence-corrected chi connectivity index (χ1v) is 6.55. The lowest BCUT2D eigenvalue weighted by atomic mass is 9.96. The normalized spacial score (nSPS) is 10.4. The molecule has 0 bridgehead atoms. The number of carbonyl (C=O) groups is 1. The average Bonchev–Trinajstić information content (AvgIpc) is 2.39. The molecule has 0 aliphatic heterocycles. The predicted octanol–water partition coefficient (Wildman–Crippen LogP) is 4.31. The summed E-state index contributed by atoms with van der Waals surface area (Å²) >= 11 is 0. The highest BCUT2D eigenvalue weighted by atomic mass is 16.4. The number of aryl methyl sites for hydroxylation is 2. The van der Waals surface area contributed by atoms with Crippen molar-refractivity contribution in [3.63, 3.8) is 0 Å². The summed E-state index contributed by atoms with van der Waals surface area (Å²) in [6.07, 6.45) is 2.16. The maximum Gasteiger partial charge on any atom is 0.335 e. The van der Waals surface area contributed by atoms with Crippen molar-refractivity contribution in [3.8, 4) is 11.1 Å². The first-order chi connectivity index (χ1) is 9.11. The fourth-order valence-electron chi connectivity index (χ4n) is 2.25. The van der Waals surface area contributed by atoms with Crippen molar-refractivity contribution in [2.45, 2.75) is 26.7 Å². The zero-order valence-electron chi connectivity index (χ0n) is 11.3. The highest BCUT2D eigenvalue weighted by Crippen LogP contribution is 2.26. The van der Waals surface area contributed by atoms with E-state index in [1.807, 2.05) is 25.1 Å². The molecule has 0 saturated heterocycles. The Balaban J connectivity index is 2.48. The standard InChI is InChI=1S/C17H18O2/c1-3-5-13-6-4-7-14(10-13)16-11-15(17(18)19)9-8-12(16)2/h4,6-11H,3,5H2,1-2H3,(H,18,19). The summed E-state index contributed by atoms with van der Waals surface area (Å²) in [5, 5.41) is 9.09. The van der Waals surface area contributed by atoms with E-state index in [1.165, 1.54) is 5.56 Å². The average molecular weight is 254 g/mol. The molecule has 0 radical (unpaired) electrons. The second kappa shape index (κ2) is 5.70. The fourth-order valence-corrected chi connectivity index (χ4v) is 2.25. The van der Waals surface area contributed by atoms with Crippen molar-refractivity contribution in [3.05, 3.63) is 59.2 Å². The molecule has 0 saturated carbocycles. The van der Waals surface area contributed by atoms with Gasteiger partial charge in [-0.05, 0) is 47.7 Å². The zero-order chi connectivity index (χ0) is 13.8. The van der Waals surface area contributed by atoms with Crippen LogP contribution in [0.1, 0.15) is 34.8 Å². The van der Waals surface area contributed by atoms with Gasteiger partial charge >= 0.3 is 5.97 Å². The van der Waals surface area contributed by atoms with Crippen LogP contribution in [0, 0.1) is 6.92 Å². The van der Waals surface area contributed by atoms with Crippen molar-refractivity contribution < 1.29 is 9.90 Å². The van der Waals surface area contributed by atoms with Crippen LogP contribution in [-0.4, -0.2) is 11.1 Å². The second-order valence-corrected chi connectivity index (χ2v) is 4.79. The van der Waals surface area contributed by atoms with E-state index in [2.05, 4.69) is 19.1 Å². The number of hydrogen-bond donors (Lipinski definition) is 1. The Morgan fingerprint density at radius 3 is 2.63 bits per heavy atom. The number of benzene rings is 2. The van der Waals surface area contributed by atoms with E-state index in [1.54, 1.807) is 12.1 Å². The van der Waals surface area contributed by atoms with Crippen LogP contribution in [0.15, 0.2) is 42.5 Å².